The fraction of sp³-hybridized carbons (Fsp3) is 0.333. The molecule has 1 aliphatic rings. The minimum absolute atomic E-state index is 0.0524. The van der Waals surface area contributed by atoms with Crippen molar-refractivity contribution in [2.24, 2.45) is 0 Å². The van der Waals surface area contributed by atoms with Crippen LogP contribution in [0.15, 0.2) is 42.6 Å². The minimum Gasteiger partial charge on any atom is -0.357 e. The quantitative estimate of drug-likeness (QED) is 0.937. The van der Waals surface area contributed by atoms with Crippen molar-refractivity contribution in [1.29, 1.82) is 0 Å². The first-order chi connectivity index (χ1) is 11.6. The molecule has 126 valence electrons. The van der Waals surface area contributed by atoms with E-state index in [9.17, 15) is 14.0 Å². The lowest BCUT2D eigenvalue weighted by atomic mass is 10.1. The Morgan fingerprint density at radius 1 is 1.00 bits per heavy atom. The van der Waals surface area contributed by atoms with Gasteiger partial charge in [0.05, 0.1) is 6.42 Å². The molecule has 24 heavy (non-hydrogen) atoms. The summed E-state index contributed by atoms with van der Waals surface area (Å²) >= 11 is 0. The van der Waals surface area contributed by atoms with E-state index < -0.39 is 0 Å². The van der Waals surface area contributed by atoms with Gasteiger partial charge in [-0.3, -0.25) is 9.59 Å². The second kappa shape index (κ2) is 7.29. The van der Waals surface area contributed by atoms with Crippen LogP contribution in [0.3, 0.4) is 0 Å². The molecule has 3 rings (SSSR count). The van der Waals surface area contributed by atoms with Gasteiger partial charge in [-0.2, -0.15) is 0 Å². The molecule has 1 fully saturated rings. The van der Waals surface area contributed by atoms with Gasteiger partial charge < -0.3 is 14.8 Å². The van der Waals surface area contributed by atoms with Crippen molar-refractivity contribution >= 4 is 11.8 Å². The summed E-state index contributed by atoms with van der Waals surface area (Å²) in [5.74, 6) is -0.512. The summed E-state index contributed by atoms with van der Waals surface area (Å²) in [6.07, 6.45) is 2.49. The monoisotopic (exact) mass is 329 g/mol. The fourth-order valence-corrected chi connectivity index (χ4v) is 2.92. The van der Waals surface area contributed by atoms with Gasteiger partial charge in [-0.25, -0.2) is 4.39 Å². The van der Waals surface area contributed by atoms with Crippen LogP contribution in [0, 0.1) is 5.82 Å². The SMILES string of the molecule is O=C(Cc1ccccc1F)N1CCCN(C(=O)c2ccc[nH]2)CC1. The van der Waals surface area contributed by atoms with Crippen LogP contribution in [0.25, 0.3) is 0 Å². The number of hydrogen-bond donors (Lipinski definition) is 1. The van der Waals surface area contributed by atoms with Gasteiger partial charge in [0, 0.05) is 32.4 Å². The molecule has 1 aliphatic heterocycles. The smallest absolute Gasteiger partial charge is 0.270 e. The lowest BCUT2D eigenvalue weighted by molar-refractivity contribution is -0.130. The van der Waals surface area contributed by atoms with Crippen LogP contribution >= 0.6 is 0 Å². The van der Waals surface area contributed by atoms with E-state index in [0.717, 1.165) is 6.42 Å². The Morgan fingerprint density at radius 3 is 2.50 bits per heavy atom. The van der Waals surface area contributed by atoms with Gasteiger partial charge in [0.15, 0.2) is 0 Å². The molecule has 1 aromatic heterocycles. The van der Waals surface area contributed by atoms with Gasteiger partial charge in [0.2, 0.25) is 5.91 Å². The zero-order valence-corrected chi connectivity index (χ0v) is 13.4. The highest BCUT2D eigenvalue weighted by molar-refractivity contribution is 5.92. The highest BCUT2D eigenvalue weighted by atomic mass is 19.1. The van der Waals surface area contributed by atoms with Gasteiger partial charge in [0.25, 0.3) is 5.91 Å². The van der Waals surface area contributed by atoms with Crippen molar-refractivity contribution in [2.45, 2.75) is 12.8 Å². The molecule has 1 saturated heterocycles. The normalized spacial score (nSPS) is 15.2. The summed E-state index contributed by atoms with van der Waals surface area (Å²) in [5, 5.41) is 0. The highest BCUT2D eigenvalue weighted by Crippen LogP contribution is 2.12. The van der Waals surface area contributed by atoms with Gasteiger partial charge in [0.1, 0.15) is 11.5 Å². The molecule has 2 aromatic rings. The molecule has 1 aromatic carbocycles. The Balaban J connectivity index is 1.60. The average Bonchev–Trinajstić information content (AvgIpc) is 3.00. The minimum atomic E-state index is -0.357. The van der Waals surface area contributed by atoms with E-state index in [1.165, 1.54) is 6.07 Å². The number of carbonyl (C=O) groups excluding carboxylic acids is 2. The number of aromatic nitrogens is 1. The average molecular weight is 329 g/mol. The number of H-pyrrole nitrogens is 1. The van der Waals surface area contributed by atoms with Crippen molar-refractivity contribution in [2.75, 3.05) is 26.2 Å². The predicted octanol–water partition coefficient (Wildman–Crippen LogP) is 2.07. The molecule has 0 radical (unpaired) electrons. The van der Waals surface area contributed by atoms with E-state index in [1.54, 1.807) is 46.3 Å². The summed E-state index contributed by atoms with van der Waals surface area (Å²) in [5.41, 5.74) is 0.965. The van der Waals surface area contributed by atoms with Crippen LogP contribution in [0.4, 0.5) is 4.39 Å². The van der Waals surface area contributed by atoms with Crippen molar-refractivity contribution in [3.63, 3.8) is 0 Å². The molecule has 0 bridgehead atoms. The first-order valence-electron chi connectivity index (χ1n) is 8.09. The van der Waals surface area contributed by atoms with E-state index in [2.05, 4.69) is 4.98 Å². The predicted molar refractivity (Wildman–Crippen MR) is 88.0 cm³/mol. The van der Waals surface area contributed by atoms with Crippen LogP contribution in [-0.4, -0.2) is 52.8 Å². The van der Waals surface area contributed by atoms with E-state index in [4.69, 9.17) is 0 Å². The lowest BCUT2D eigenvalue weighted by Gasteiger charge is -2.22. The molecule has 0 aliphatic carbocycles. The van der Waals surface area contributed by atoms with Gasteiger partial charge in [-0.05, 0) is 30.2 Å². The second-order valence-corrected chi connectivity index (χ2v) is 5.88. The van der Waals surface area contributed by atoms with E-state index in [1.807, 2.05) is 0 Å². The third-order valence-corrected chi connectivity index (χ3v) is 4.26. The van der Waals surface area contributed by atoms with Gasteiger partial charge >= 0.3 is 0 Å². The number of benzene rings is 1. The Bertz CT molecular complexity index is 715. The molecule has 0 unspecified atom stereocenters. The third kappa shape index (κ3) is 3.64. The Kier molecular flexibility index (Phi) is 4.93. The van der Waals surface area contributed by atoms with Gasteiger partial charge in [-0.1, -0.05) is 18.2 Å². The highest BCUT2D eigenvalue weighted by Gasteiger charge is 2.23. The number of nitrogens with zero attached hydrogens (tertiary/aromatic N) is 2. The number of amides is 2. The first-order valence-corrected chi connectivity index (χ1v) is 8.09. The molecule has 1 N–H and O–H groups in total. The molecule has 2 amide bonds. The number of carbonyl (C=O) groups is 2. The molecular formula is C18H20FN3O2. The van der Waals surface area contributed by atoms with Crippen LogP contribution < -0.4 is 0 Å². The largest absolute Gasteiger partial charge is 0.357 e. The Morgan fingerprint density at radius 2 is 1.75 bits per heavy atom. The standard InChI is InChI=1S/C18H20FN3O2/c19-15-6-2-1-5-14(15)13-17(23)21-9-4-10-22(12-11-21)18(24)16-7-3-8-20-16/h1-3,5-8,20H,4,9-13H2. The molecule has 0 atom stereocenters. The van der Waals surface area contributed by atoms with Gasteiger partial charge in [-0.15, -0.1) is 0 Å². The second-order valence-electron chi connectivity index (χ2n) is 5.88. The molecule has 0 saturated carbocycles. The topological polar surface area (TPSA) is 56.4 Å². The van der Waals surface area contributed by atoms with Crippen molar-refractivity contribution in [1.82, 2.24) is 14.8 Å². The van der Waals surface area contributed by atoms with Crippen LogP contribution in [0.5, 0.6) is 0 Å². The zero-order chi connectivity index (χ0) is 16.9. The number of rotatable bonds is 3. The Hall–Kier alpha value is -2.63. The number of hydrogen-bond acceptors (Lipinski definition) is 2. The van der Waals surface area contributed by atoms with E-state index >= 15 is 0 Å². The molecular weight excluding hydrogens is 309 g/mol. The van der Waals surface area contributed by atoms with Crippen molar-refractivity contribution < 1.29 is 14.0 Å². The number of nitrogens with one attached hydrogen (secondary N) is 1. The summed E-state index contributed by atoms with van der Waals surface area (Å²) in [6, 6.07) is 9.86. The lowest BCUT2D eigenvalue weighted by Crippen LogP contribution is -2.38. The summed E-state index contributed by atoms with van der Waals surface area (Å²) < 4.78 is 13.7. The van der Waals surface area contributed by atoms with Crippen molar-refractivity contribution in [3.8, 4) is 0 Å². The van der Waals surface area contributed by atoms with Crippen LogP contribution in [-0.2, 0) is 11.2 Å². The van der Waals surface area contributed by atoms with E-state index in [-0.39, 0.29) is 24.1 Å². The molecule has 5 nitrogen and oxygen atoms in total. The van der Waals surface area contributed by atoms with Crippen molar-refractivity contribution in [3.05, 3.63) is 59.7 Å². The molecule has 6 heteroatoms. The summed E-state index contributed by atoms with van der Waals surface area (Å²) in [6.45, 7) is 2.16. The zero-order valence-electron chi connectivity index (χ0n) is 13.4. The molecule has 2 heterocycles. The van der Waals surface area contributed by atoms with E-state index in [0.29, 0.717) is 37.4 Å². The maximum Gasteiger partial charge on any atom is 0.270 e. The fourth-order valence-electron chi connectivity index (χ4n) is 2.92. The van der Waals surface area contributed by atoms with Crippen LogP contribution in [0.1, 0.15) is 22.5 Å². The number of aromatic amines is 1. The maximum atomic E-state index is 13.7. The Labute approximate surface area is 140 Å². The maximum absolute atomic E-state index is 13.7. The summed E-state index contributed by atoms with van der Waals surface area (Å²) in [7, 11) is 0. The van der Waals surface area contributed by atoms with Crippen LogP contribution in [0.2, 0.25) is 0 Å². The molecule has 0 spiro atoms. The first kappa shape index (κ1) is 16.2. The summed E-state index contributed by atoms with van der Waals surface area (Å²) in [4.78, 5) is 31.2. The number of halogens is 1. The third-order valence-electron chi connectivity index (χ3n) is 4.26.